The van der Waals surface area contributed by atoms with Crippen LogP contribution in [-0.2, 0) is 0 Å². The van der Waals surface area contributed by atoms with E-state index in [2.05, 4.69) is 5.11 Å². The van der Waals surface area contributed by atoms with Gasteiger partial charge in [-0.25, -0.2) is 0 Å². The molecular formula is CHP3S. The SMILES string of the molecule is c1ppps1. The van der Waals surface area contributed by atoms with Crippen molar-refractivity contribution < 1.29 is 0 Å². The molecule has 1 aromatic heterocycles. The van der Waals surface area contributed by atoms with Crippen molar-refractivity contribution in [2.75, 3.05) is 0 Å². The van der Waals surface area contributed by atoms with Gasteiger partial charge in [0.15, 0.2) is 0 Å². The number of hydrogen-bond acceptors (Lipinski definition) is 1. The van der Waals surface area contributed by atoms with E-state index >= 15 is 0 Å². The Bertz CT molecular complexity index is 63.4. The summed E-state index contributed by atoms with van der Waals surface area (Å²) in [5.74, 6) is 0. The first-order valence-corrected chi connectivity index (χ1v) is 6.72. The average Bonchev–Trinajstić information content (AvgIpc) is 1.76. The topological polar surface area (TPSA) is 0 Å². The molecule has 0 N–H and O–H groups in total. The molecule has 1 rings (SSSR count). The van der Waals surface area contributed by atoms with Crippen LogP contribution in [0.2, 0.25) is 0 Å². The van der Waals surface area contributed by atoms with Crippen LogP contribution in [0.3, 0.4) is 0 Å². The van der Waals surface area contributed by atoms with Gasteiger partial charge in [0.1, 0.15) is 0 Å². The molecule has 0 amide bonds. The summed E-state index contributed by atoms with van der Waals surface area (Å²) in [6, 6.07) is 0. The lowest BCUT2D eigenvalue weighted by molar-refractivity contribution is 2.99. The Labute approximate surface area is 39.1 Å². The van der Waals surface area contributed by atoms with Crippen LogP contribution in [0, 0.1) is 0 Å². The minimum atomic E-state index is 1.49. The Kier molecular flexibility index (Phi) is 1.84. The molecular weight excluding hydrogens is 137 g/mol. The van der Waals surface area contributed by atoms with E-state index in [1.165, 1.54) is 14.9 Å². The molecule has 0 bridgehead atoms. The Morgan fingerprint density at radius 1 is 1.60 bits per heavy atom. The summed E-state index contributed by atoms with van der Waals surface area (Å²) in [5, 5.41) is 2.23. The quantitative estimate of drug-likeness (QED) is 0.514. The molecule has 0 nitrogen and oxygen atoms in total. The van der Waals surface area contributed by atoms with Crippen molar-refractivity contribution >= 4 is 33.4 Å². The molecule has 26 valence electrons. The average molecular weight is 138 g/mol. The first-order chi connectivity index (χ1) is 2.50. The summed E-state index contributed by atoms with van der Waals surface area (Å²) in [6.07, 6.45) is 0. The van der Waals surface area contributed by atoms with E-state index in [4.69, 9.17) is 0 Å². The number of hydrogen-bond donors (Lipinski definition) is 0. The number of rotatable bonds is 0. The van der Waals surface area contributed by atoms with Crippen LogP contribution in [0.4, 0.5) is 0 Å². The van der Waals surface area contributed by atoms with E-state index in [-0.39, 0.29) is 0 Å². The van der Waals surface area contributed by atoms with Gasteiger partial charge in [0.25, 0.3) is 0 Å². The lowest BCUT2D eigenvalue weighted by Crippen LogP contribution is -0.854. The highest BCUT2D eigenvalue weighted by Crippen LogP contribution is 2.35. The van der Waals surface area contributed by atoms with Gasteiger partial charge >= 0.3 is 0 Å². The van der Waals surface area contributed by atoms with Crippen LogP contribution in [-0.4, -0.2) is 0 Å². The molecule has 0 spiro atoms. The van der Waals surface area contributed by atoms with E-state index in [0.717, 1.165) is 0 Å². The van der Waals surface area contributed by atoms with Gasteiger partial charge in [0.05, 0.1) is 0 Å². The summed E-state index contributed by atoms with van der Waals surface area (Å²) >= 11 is 0. The summed E-state index contributed by atoms with van der Waals surface area (Å²) in [5.41, 5.74) is 0. The zero-order chi connectivity index (χ0) is 3.54. The van der Waals surface area contributed by atoms with Crippen LogP contribution in [0.1, 0.15) is 0 Å². The predicted octanol–water partition coefficient (Wildman–Crippen LogP) is 3.49. The minimum Gasteiger partial charge on any atom is -0.110 e. The molecule has 0 atom stereocenters. The third-order valence-corrected chi connectivity index (χ3v) is 8.17. The van der Waals surface area contributed by atoms with Gasteiger partial charge < -0.3 is 0 Å². The highest BCUT2D eigenvalue weighted by atomic mass is 32.7. The summed E-state index contributed by atoms with van der Waals surface area (Å²) < 4.78 is 0. The second kappa shape index (κ2) is 2.21. The third kappa shape index (κ3) is 1.24. The Balaban J connectivity index is 3.13. The zero-order valence-corrected chi connectivity index (χ0v) is 5.83. The monoisotopic (exact) mass is 138 g/mol. The van der Waals surface area contributed by atoms with Gasteiger partial charge in [-0.3, -0.25) is 0 Å². The van der Waals surface area contributed by atoms with E-state index in [0.29, 0.717) is 0 Å². The second-order valence-corrected chi connectivity index (χ2v) is 7.56. The van der Waals surface area contributed by atoms with Crippen molar-refractivity contribution in [3.8, 4) is 0 Å². The van der Waals surface area contributed by atoms with E-state index in [1.807, 2.05) is 10.9 Å². The van der Waals surface area contributed by atoms with E-state index in [9.17, 15) is 0 Å². The molecule has 0 aliphatic carbocycles. The molecule has 0 radical (unpaired) electrons. The zero-order valence-electron chi connectivity index (χ0n) is 2.33. The lowest BCUT2D eigenvalue weighted by Gasteiger charge is -1.35. The summed E-state index contributed by atoms with van der Waals surface area (Å²) in [7, 11) is 6.44. The van der Waals surface area contributed by atoms with Crippen LogP contribution in [0.25, 0.3) is 0 Å². The molecule has 0 saturated carbocycles. The van der Waals surface area contributed by atoms with E-state index in [1.54, 1.807) is 7.55 Å². The molecule has 0 saturated heterocycles. The van der Waals surface area contributed by atoms with Gasteiger partial charge in [-0.15, -0.1) is 10.9 Å². The third-order valence-electron chi connectivity index (χ3n) is 0.230. The summed E-state index contributed by atoms with van der Waals surface area (Å²) in [6.45, 7) is 0. The van der Waals surface area contributed by atoms with Crippen molar-refractivity contribution in [3.05, 3.63) is 5.11 Å². The van der Waals surface area contributed by atoms with Crippen LogP contribution < -0.4 is 0 Å². The lowest BCUT2D eigenvalue weighted by atomic mass is 11.9. The van der Waals surface area contributed by atoms with Gasteiger partial charge in [-0.05, 0) is 7.87 Å². The van der Waals surface area contributed by atoms with Gasteiger partial charge in [0.2, 0.25) is 0 Å². The normalized spacial score (nSPS) is 12.8. The molecule has 0 unspecified atom stereocenters. The molecule has 4 heteroatoms. The van der Waals surface area contributed by atoms with Crippen molar-refractivity contribution in [2.45, 2.75) is 0 Å². The molecule has 0 fully saturated rings. The molecule has 0 aromatic carbocycles. The minimum absolute atomic E-state index is 1.49. The smallest absolute Gasteiger partial charge is 0.0279 e. The van der Waals surface area contributed by atoms with Crippen molar-refractivity contribution in [1.29, 1.82) is 0 Å². The van der Waals surface area contributed by atoms with Gasteiger partial charge in [0, 0.05) is 19.7 Å². The predicted molar refractivity (Wildman–Crippen MR) is 31.9 cm³/mol. The standard InChI is InChI=1S/CHP3S/c1-2-3-4-5-1/h1H. The Morgan fingerprint density at radius 2 is 2.60 bits per heavy atom. The summed E-state index contributed by atoms with van der Waals surface area (Å²) in [4.78, 5) is 0. The highest BCUT2D eigenvalue weighted by molar-refractivity contribution is 8.29. The Morgan fingerprint density at radius 3 is 2.80 bits per heavy atom. The van der Waals surface area contributed by atoms with Crippen molar-refractivity contribution in [1.82, 2.24) is 0 Å². The van der Waals surface area contributed by atoms with Crippen LogP contribution >= 0.6 is 33.4 Å². The maximum atomic E-state index is 2.23. The molecule has 5 heavy (non-hydrogen) atoms. The van der Waals surface area contributed by atoms with Crippen LogP contribution in [0.5, 0.6) is 0 Å². The largest absolute Gasteiger partial charge is 0.110 e. The van der Waals surface area contributed by atoms with Crippen molar-refractivity contribution in [3.63, 3.8) is 0 Å². The van der Waals surface area contributed by atoms with E-state index < -0.39 is 0 Å². The first-order valence-electron chi connectivity index (χ1n) is 1.08. The first kappa shape index (κ1) is 4.16. The fourth-order valence-corrected chi connectivity index (χ4v) is 8.54. The van der Waals surface area contributed by atoms with Gasteiger partial charge in [-0.2, -0.15) is 0 Å². The van der Waals surface area contributed by atoms with Crippen LogP contribution in [0.15, 0.2) is 5.11 Å². The maximum absolute atomic E-state index is 2.23. The maximum Gasteiger partial charge on any atom is 0.0279 e. The fourth-order valence-electron chi connectivity index (χ4n) is 0.105. The molecule has 1 heterocycles. The molecule has 0 aliphatic rings. The highest BCUT2D eigenvalue weighted by Gasteiger charge is 1.62. The van der Waals surface area contributed by atoms with Crippen molar-refractivity contribution in [2.24, 2.45) is 0 Å². The molecule has 0 aliphatic heterocycles. The van der Waals surface area contributed by atoms with Gasteiger partial charge in [-0.1, -0.05) is 0 Å². The second-order valence-electron chi connectivity index (χ2n) is 0.497. The Hall–Kier alpha value is 0.990. The fraction of sp³-hybridized carbons (Fsp3) is 0. The molecule has 1 aromatic rings.